The molecule has 4 rings (SSSR count). The normalized spacial score (nSPS) is 10.9. The minimum Gasteiger partial charge on any atom is -0.496 e. The predicted molar refractivity (Wildman–Crippen MR) is 123 cm³/mol. The maximum Gasteiger partial charge on any atom is 0.275 e. The molecule has 6 nitrogen and oxygen atoms in total. The first-order chi connectivity index (χ1) is 15.1. The maximum atomic E-state index is 13.8. The summed E-state index contributed by atoms with van der Waals surface area (Å²) >= 11 is 1.60. The number of carbonyl (C=O) groups excluding carboxylic acids is 1. The van der Waals surface area contributed by atoms with E-state index in [0.29, 0.717) is 30.4 Å². The van der Waals surface area contributed by atoms with Gasteiger partial charge in [-0.05, 0) is 30.5 Å². The summed E-state index contributed by atoms with van der Waals surface area (Å²) in [4.78, 5) is 29.3. The topological polar surface area (TPSA) is 64.4 Å². The third kappa shape index (κ3) is 4.22. The molecule has 0 saturated heterocycles. The molecule has 0 aliphatic rings. The van der Waals surface area contributed by atoms with Gasteiger partial charge >= 0.3 is 0 Å². The van der Waals surface area contributed by atoms with Gasteiger partial charge in [0.1, 0.15) is 5.75 Å². The summed E-state index contributed by atoms with van der Waals surface area (Å²) in [5.74, 6) is 0.500. The van der Waals surface area contributed by atoms with Crippen molar-refractivity contribution in [3.63, 3.8) is 0 Å². The molecule has 0 bridgehead atoms. The number of thiophene rings is 1. The van der Waals surface area contributed by atoms with Gasteiger partial charge in [0.2, 0.25) is 0 Å². The van der Waals surface area contributed by atoms with Gasteiger partial charge in [-0.2, -0.15) is 5.10 Å². The molecular formula is C24H23N3O3S. The minimum absolute atomic E-state index is 0.191. The zero-order valence-electron chi connectivity index (χ0n) is 17.4. The van der Waals surface area contributed by atoms with E-state index in [4.69, 9.17) is 4.74 Å². The van der Waals surface area contributed by atoms with Gasteiger partial charge in [-0.15, -0.1) is 11.3 Å². The Morgan fingerprint density at radius 3 is 2.48 bits per heavy atom. The molecule has 4 aromatic rings. The molecule has 0 atom stereocenters. The molecule has 2 aromatic heterocycles. The smallest absolute Gasteiger partial charge is 0.275 e. The van der Waals surface area contributed by atoms with Crippen molar-refractivity contribution in [1.82, 2.24) is 14.7 Å². The van der Waals surface area contributed by atoms with Crippen LogP contribution in [0.4, 0.5) is 0 Å². The first-order valence-corrected chi connectivity index (χ1v) is 10.9. The highest BCUT2D eigenvalue weighted by Crippen LogP contribution is 2.24. The van der Waals surface area contributed by atoms with Crippen molar-refractivity contribution in [2.24, 2.45) is 0 Å². The van der Waals surface area contributed by atoms with Crippen LogP contribution >= 0.6 is 11.3 Å². The lowest BCUT2D eigenvalue weighted by Gasteiger charge is -2.24. The summed E-state index contributed by atoms with van der Waals surface area (Å²) in [5, 5.41) is 7.49. The molecule has 2 aromatic carbocycles. The summed E-state index contributed by atoms with van der Waals surface area (Å²) < 4.78 is 6.84. The molecule has 0 radical (unpaired) electrons. The zero-order valence-corrected chi connectivity index (χ0v) is 18.3. The molecule has 0 unspecified atom stereocenters. The molecule has 0 N–H and O–H groups in total. The Morgan fingerprint density at radius 1 is 1.03 bits per heavy atom. The summed E-state index contributed by atoms with van der Waals surface area (Å²) in [5.41, 5.74) is 0.996. The fraction of sp³-hybridized carbons (Fsp3) is 0.208. The van der Waals surface area contributed by atoms with E-state index >= 15 is 0 Å². The fourth-order valence-electron chi connectivity index (χ4n) is 3.59. The van der Waals surface area contributed by atoms with Crippen molar-refractivity contribution >= 4 is 28.0 Å². The van der Waals surface area contributed by atoms with Crippen LogP contribution in [0.15, 0.2) is 70.8 Å². The number of amides is 1. The molecule has 0 spiro atoms. The number of para-hydroxylation sites is 1. The van der Waals surface area contributed by atoms with Crippen LogP contribution in [-0.4, -0.2) is 27.7 Å². The van der Waals surface area contributed by atoms with Crippen LogP contribution in [0.1, 0.15) is 27.9 Å². The number of hydrogen-bond donors (Lipinski definition) is 0. The Morgan fingerprint density at radius 2 is 1.77 bits per heavy atom. The predicted octanol–water partition coefficient (Wildman–Crippen LogP) is 4.33. The molecular weight excluding hydrogens is 410 g/mol. The summed E-state index contributed by atoms with van der Waals surface area (Å²) in [7, 11) is 1.62. The molecule has 7 heteroatoms. The van der Waals surface area contributed by atoms with E-state index in [0.717, 1.165) is 16.2 Å². The number of hydrogen-bond acceptors (Lipinski definition) is 5. The zero-order chi connectivity index (χ0) is 21.8. The van der Waals surface area contributed by atoms with Gasteiger partial charge in [-0.1, -0.05) is 42.5 Å². The average Bonchev–Trinajstić information content (AvgIpc) is 3.32. The first kappa shape index (κ1) is 20.8. The van der Waals surface area contributed by atoms with Gasteiger partial charge < -0.3 is 9.64 Å². The van der Waals surface area contributed by atoms with E-state index in [2.05, 4.69) is 5.10 Å². The van der Waals surface area contributed by atoms with Crippen LogP contribution < -0.4 is 10.3 Å². The lowest BCUT2D eigenvalue weighted by Crippen LogP contribution is -2.33. The molecule has 31 heavy (non-hydrogen) atoms. The van der Waals surface area contributed by atoms with Crippen LogP contribution in [0, 0.1) is 0 Å². The third-order valence-electron chi connectivity index (χ3n) is 5.14. The highest BCUT2D eigenvalue weighted by Gasteiger charge is 2.23. The quantitative estimate of drug-likeness (QED) is 0.435. The molecule has 2 heterocycles. The van der Waals surface area contributed by atoms with Crippen LogP contribution in [0.3, 0.4) is 0 Å². The Labute approximate surface area is 184 Å². The Bertz CT molecular complexity index is 1260. The van der Waals surface area contributed by atoms with Crippen molar-refractivity contribution in [2.75, 3.05) is 7.11 Å². The summed E-state index contributed by atoms with van der Waals surface area (Å²) in [6, 6.07) is 18.8. The standard InChI is InChI=1S/C24H23N3O3S/c1-3-27-23(28)20-12-6-5-11-19(20)22(25-27)24(29)26(16-18-10-8-14-31-18)15-17-9-4-7-13-21(17)30-2/h4-14H,3,15-16H2,1-2H3. The second-order valence-corrected chi connectivity index (χ2v) is 8.10. The number of nitrogens with zero attached hydrogens (tertiary/aromatic N) is 3. The highest BCUT2D eigenvalue weighted by atomic mass is 32.1. The second-order valence-electron chi connectivity index (χ2n) is 7.07. The lowest BCUT2D eigenvalue weighted by atomic mass is 10.1. The molecule has 0 aliphatic carbocycles. The van der Waals surface area contributed by atoms with Gasteiger partial charge in [0.05, 0.1) is 25.6 Å². The van der Waals surface area contributed by atoms with Crippen molar-refractivity contribution in [3.8, 4) is 5.75 Å². The molecule has 0 aliphatic heterocycles. The Kier molecular flexibility index (Phi) is 6.13. The fourth-order valence-corrected chi connectivity index (χ4v) is 4.31. The van der Waals surface area contributed by atoms with Crippen LogP contribution in [0.5, 0.6) is 5.75 Å². The lowest BCUT2D eigenvalue weighted by molar-refractivity contribution is 0.0724. The van der Waals surface area contributed by atoms with Crippen molar-refractivity contribution in [2.45, 2.75) is 26.6 Å². The summed E-state index contributed by atoms with van der Waals surface area (Å²) in [6.07, 6.45) is 0. The molecule has 0 fully saturated rings. The summed E-state index contributed by atoms with van der Waals surface area (Å²) in [6.45, 7) is 3.04. The monoisotopic (exact) mass is 433 g/mol. The number of rotatable bonds is 7. The van der Waals surface area contributed by atoms with E-state index in [1.54, 1.807) is 41.5 Å². The number of aromatic nitrogens is 2. The molecule has 1 amide bonds. The van der Waals surface area contributed by atoms with Crippen LogP contribution in [-0.2, 0) is 19.6 Å². The van der Waals surface area contributed by atoms with E-state index in [9.17, 15) is 9.59 Å². The van der Waals surface area contributed by atoms with Gasteiger partial charge in [-0.3, -0.25) is 9.59 Å². The number of benzene rings is 2. The number of aryl methyl sites for hydroxylation is 1. The number of carbonyl (C=O) groups is 1. The van der Waals surface area contributed by atoms with E-state index in [1.807, 2.05) is 54.8 Å². The third-order valence-corrected chi connectivity index (χ3v) is 6.00. The van der Waals surface area contributed by atoms with Gasteiger partial charge in [-0.25, -0.2) is 4.68 Å². The first-order valence-electron chi connectivity index (χ1n) is 10.1. The van der Waals surface area contributed by atoms with E-state index < -0.39 is 0 Å². The highest BCUT2D eigenvalue weighted by molar-refractivity contribution is 7.09. The van der Waals surface area contributed by atoms with Crippen LogP contribution in [0.2, 0.25) is 0 Å². The van der Waals surface area contributed by atoms with Crippen molar-refractivity contribution in [3.05, 3.63) is 92.5 Å². The number of ether oxygens (including phenoxy) is 1. The largest absolute Gasteiger partial charge is 0.496 e. The number of methoxy groups -OCH3 is 1. The van der Waals surface area contributed by atoms with Gasteiger partial charge in [0, 0.05) is 22.4 Å². The van der Waals surface area contributed by atoms with Crippen molar-refractivity contribution < 1.29 is 9.53 Å². The Balaban J connectivity index is 1.81. The Hall–Kier alpha value is -3.45. The van der Waals surface area contributed by atoms with Crippen LogP contribution in [0.25, 0.3) is 10.8 Å². The van der Waals surface area contributed by atoms with E-state index in [-0.39, 0.29) is 17.2 Å². The second kappa shape index (κ2) is 9.14. The maximum absolute atomic E-state index is 13.8. The number of fused-ring (bicyclic) bond motifs is 1. The van der Waals surface area contributed by atoms with Gasteiger partial charge in [0.25, 0.3) is 11.5 Å². The molecule has 158 valence electrons. The van der Waals surface area contributed by atoms with Gasteiger partial charge in [0.15, 0.2) is 5.69 Å². The molecule has 0 saturated carbocycles. The SMILES string of the molecule is CCn1nc(C(=O)N(Cc2cccs2)Cc2ccccc2OC)c2ccccc2c1=O. The van der Waals surface area contributed by atoms with E-state index in [1.165, 1.54) is 4.68 Å². The minimum atomic E-state index is -0.224. The average molecular weight is 434 g/mol. The van der Waals surface area contributed by atoms with Crippen molar-refractivity contribution in [1.29, 1.82) is 0 Å².